The van der Waals surface area contributed by atoms with Gasteiger partial charge in [-0.2, -0.15) is 5.10 Å². The summed E-state index contributed by atoms with van der Waals surface area (Å²) in [6.07, 6.45) is 5.89. The van der Waals surface area contributed by atoms with Crippen LogP contribution in [0.5, 0.6) is 0 Å². The summed E-state index contributed by atoms with van der Waals surface area (Å²) in [5.41, 5.74) is 4.04. The fourth-order valence-corrected chi connectivity index (χ4v) is 2.91. The van der Waals surface area contributed by atoms with Crippen LogP contribution >= 0.6 is 0 Å². The number of hydrogen-bond acceptors (Lipinski definition) is 3. The number of H-pyrrole nitrogens is 1. The third kappa shape index (κ3) is 4.62. The van der Waals surface area contributed by atoms with Crippen molar-refractivity contribution in [1.29, 1.82) is 0 Å². The first-order valence-electron chi connectivity index (χ1n) is 8.89. The molecule has 1 aromatic carbocycles. The van der Waals surface area contributed by atoms with Crippen LogP contribution < -0.4 is 0 Å². The number of rotatable bonds is 5. The fourth-order valence-electron chi connectivity index (χ4n) is 2.91. The third-order valence-corrected chi connectivity index (χ3v) is 4.44. The first-order valence-corrected chi connectivity index (χ1v) is 8.89. The summed E-state index contributed by atoms with van der Waals surface area (Å²) in [6.45, 7) is 9.16. The van der Waals surface area contributed by atoms with E-state index in [0.29, 0.717) is 12.5 Å². The molecule has 1 aliphatic rings. The molecule has 0 saturated heterocycles. The minimum absolute atomic E-state index is 0.229. The average molecular weight is 341 g/mol. The highest BCUT2D eigenvalue weighted by Crippen LogP contribution is 2.32. The molecule has 0 spiro atoms. The molecular weight excluding hydrogens is 314 g/mol. The summed E-state index contributed by atoms with van der Waals surface area (Å²) in [4.78, 5) is 14.5. The lowest BCUT2D eigenvalue weighted by Gasteiger charge is -2.28. The van der Waals surface area contributed by atoms with Gasteiger partial charge in [0.2, 0.25) is 0 Å². The van der Waals surface area contributed by atoms with E-state index in [1.165, 1.54) is 18.4 Å². The standard InChI is InChI=1S/C20H27N3O2/c1-14-16(6-5-7-18(14)17-10-21-22-11-17)13-23(12-15-8-9-15)19(24)25-20(2,3)4/h5-7,10-11,15H,8-9,12-13H2,1-4H3,(H,21,22). The van der Waals surface area contributed by atoms with E-state index in [2.05, 4.69) is 29.3 Å². The van der Waals surface area contributed by atoms with Gasteiger partial charge in [0.1, 0.15) is 5.60 Å². The van der Waals surface area contributed by atoms with Gasteiger partial charge in [-0.3, -0.25) is 5.10 Å². The molecule has 1 heterocycles. The molecule has 0 atom stereocenters. The van der Waals surface area contributed by atoms with E-state index in [9.17, 15) is 4.79 Å². The van der Waals surface area contributed by atoms with Crippen molar-refractivity contribution in [2.45, 2.75) is 52.7 Å². The summed E-state index contributed by atoms with van der Waals surface area (Å²) in [5, 5.41) is 6.90. The molecule has 0 aliphatic heterocycles. The monoisotopic (exact) mass is 341 g/mol. The summed E-state index contributed by atoms with van der Waals surface area (Å²) < 4.78 is 5.62. The Bertz CT molecular complexity index is 728. The Morgan fingerprint density at radius 1 is 1.36 bits per heavy atom. The number of aromatic amines is 1. The number of ether oxygens (including phenoxy) is 1. The van der Waals surface area contributed by atoms with Crippen molar-refractivity contribution in [3.63, 3.8) is 0 Å². The molecule has 1 aromatic heterocycles. The van der Waals surface area contributed by atoms with Crippen LogP contribution in [0.3, 0.4) is 0 Å². The van der Waals surface area contributed by atoms with Crippen LogP contribution in [-0.2, 0) is 11.3 Å². The molecule has 0 unspecified atom stereocenters. The van der Waals surface area contributed by atoms with Gasteiger partial charge in [0.05, 0.1) is 6.20 Å². The number of nitrogens with zero attached hydrogens (tertiary/aromatic N) is 2. The Kier molecular flexibility index (Phi) is 4.84. The van der Waals surface area contributed by atoms with Crippen molar-refractivity contribution < 1.29 is 9.53 Å². The molecule has 2 aromatic rings. The van der Waals surface area contributed by atoms with Gasteiger partial charge < -0.3 is 9.64 Å². The molecule has 5 heteroatoms. The highest BCUT2D eigenvalue weighted by molar-refractivity contribution is 5.70. The number of carbonyl (C=O) groups excluding carboxylic acids is 1. The lowest BCUT2D eigenvalue weighted by molar-refractivity contribution is 0.0224. The van der Waals surface area contributed by atoms with Gasteiger partial charge in [-0.1, -0.05) is 18.2 Å². The first kappa shape index (κ1) is 17.5. The zero-order valence-electron chi connectivity index (χ0n) is 15.5. The summed E-state index contributed by atoms with van der Waals surface area (Å²) in [6, 6.07) is 6.21. The summed E-state index contributed by atoms with van der Waals surface area (Å²) in [7, 11) is 0. The maximum Gasteiger partial charge on any atom is 0.410 e. The quantitative estimate of drug-likeness (QED) is 0.869. The highest BCUT2D eigenvalue weighted by atomic mass is 16.6. The largest absolute Gasteiger partial charge is 0.444 e. The predicted octanol–water partition coefficient (Wildman–Crippen LogP) is 4.53. The van der Waals surface area contributed by atoms with Crippen molar-refractivity contribution in [2.75, 3.05) is 6.54 Å². The highest BCUT2D eigenvalue weighted by Gasteiger charge is 2.30. The minimum Gasteiger partial charge on any atom is -0.444 e. The van der Waals surface area contributed by atoms with Gasteiger partial charge in [-0.15, -0.1) is 0 Å². The Morgan fingerprint density at radius 3 is 2.72 bits per heavy atom. The topological polar surface area (TPSA) is 58.2 Å². The van der Waals surface area contributed by atoms with E-state index < -0.39 is 5.60 Å². The molecule has 1 aliphatic carbocycles. The van der Waals surface area contributed by atoms with Crippen molar-refractivity contribution >= 4 is 6.09 Å². The number of amides is 1. The molecule has 0 bridgehead atoms. The molecule has 5 nitrogen and oxygen atoms in total. The Balaban J connectivity index is 1.81. The van der Waals surface area contributed by atoms with Gasteiger partial charge >= 0.3 is 6.09 Å². The van der Waals surface area contributed by atoms with E-state index in [4.69, 9.17) is 4.74 Å². The van der Waals surface area contributed by atoms with Crippen LogP contribution in [0.15, 0.2) is 30.6 Å². The number of hydrogen-bond donors (Lipinski definition) is 1. The normalized spacial score (nSPS) is 14.4. The minimum atomic E-state index is -0.480. The predicted molar refractivity (Wildman–Crippen MR) is 98.1 cm³/mol. The Labute approximate surface area is 149 Å². The molecule has 3 rings (SSSR count). The molecule has 1 saturated carbocycles. The van der Waals surface area contributed by atoms with Crippen molar-refractivity contribution in [1.82, 2.24) is 15.1 Å². The van der Waals surface area contributed by atoms with E-state index in [1.54, 1.807) is 0 Å². The van der Waals surface area contributed by atoms with Gasteiger partial charge in [0.15, 0.2) is 0 Å². The van der Waals surface area contributed by atoms with Gasteiger partial charge in [-0.25, -0.2) is 4.79 Å². The van der Waals surface area contributed by atoms with Crippen LogP contribution in [-0.4, -0.2) is 33.3 Å². The molecule has 1 N–H and O–H groups in total. The molecule has 25 heavy (non-hydrogen) atoms. The van der Waals surface area contributed by atoms with Crippen LogP contribution in [0.25, 0.3) is 11.1 Å². The van der Waals surface area contributed by atoms with E-state index in [1.807, 2.05) is 44.1 Å². The zero-order chi connectivity index (χ0) is 18.0. The second-order valence-corrected chi connectivity index (χ2v) is 7.88. The first-order chi connectivity index (χ1) is 11.8. The molecular formula is C20H27N3O2. The van der Waals surface area contributed by atoms with Crippen molar-refractivity contribution in [3.05, 3.63) is 41.7 Å². The number of benzene rings is 1. The number of nitrogens with one attached hydrogen (secondary N) is 1. The molecule has 1 amide bonds. The Hall–Kier alpha value is -2.30. The smallest absolute Gasteiger partial charge is 0.410 e. The lowest BCUT2D eigenvalue weighted by Crippen LogP contribution is -2.37. The van der Waals surface area contributed by atoms with Gasteiger partial charge in [-0.05, 0) is 63.1 Å². The summed E-state index contributed by atoms with van der Waals surface area (Å²) >= 11 is 0. The van der Waals surface area contributed by atoms with Gasteiger partial charge in [0, 0.05) is 24.8 Å². The third-order valence-electron chi connectivity index (χ3n) is 4.44. The molecule has 0 radical (unpaired) electrons. The number of carbonyl (C=O) groups is 1. The maximum atomic E-state index is 12.6. The Morgan fingerprint density at radius 2 is 2.12 bits per heavy atom. The van der Waals surface area contributed by atoms with Crippen LogP contribution in [0.2, 0.25) is 0 Å². The van der Waals surface area contributed by atoms with Crippen LogP contribution in [0, 0.1) is 12.8 Å². The molecule has 134 valence electrons. The maximum absolute atomic E-state index is 12.6. The van der Waals surface area contributed by atoms with Crippen LogP contribution in [0.1, 0.15) is 44.7 Å². The molecule has 1 fully saturated rings. The number of aromatic nitrogens is 2. The van der Waals surface area contributed by atoms with Crippen molar-refractivity contribution in [2.24, 2.45) is 5.92 Å². The lowest BCUT2D eigenvalue weighted by atomic mass is 9.98. The second-order valence-electron chi connectivity index (χ2n) is 7.88. The van der Waals surface area contributed by atoms with Crippen LogP contribution in [0.4, 0.5) is 4.79 Å². The fraction of sp³-hybridized carbons (Fsp3) is 0.500. The van der Waals surface area contributed by atoms with E-state index in [-0.39, 0.29) is 6.09 Å². The van der Waals surface area contributed by atoms with E-state index in [0.717, 1.165) is 23.2 Å². The average Bonchev–Trinajstić information content (AvgIpc) is 3.17. The SMILES string of the molecule is Cc1c(CN(CC2CC2)C(=O)OC(C)(C)C)cccc1-c1cn[nH]c1. The van der Waals surface area contributed by atoms with Crippen molar-refractivity contribution in [3.8, 4) is 11.1 Å². The second kappa shape index (κ2) is 6.90. The van der Waals surface area contributed by atoms with E-state index >= 15 is 0 Å². The zero-order valence-corrected chi connectivity index (χ0v) is 15.5. The summed E-state index contributed by atoms with van der Waals surface area (Å²) in [5.74, 6) is 0.616. The van der Waals surface area contributed by atoms with Gasteiger partial charge in [0.25, 0.3) is 0 Å².